The van der Waals surface area contributed by atoms with Crippen molar-refractivity contribution in [3.8, 4) is 0 Å². The van der Waals surface area contributed by atoms with Crippen LogP contribution in [0.2, 0.25) is 10.3 Å². The molecule has 1 aromatic carbocycles. The molecule has 1 aromatic heterocycles. The molecule has 2 N–H and O–H groups in total. The zero-order valence-electron chi connectivity index (χ0n) is 12.3. The normalized spacial score (nSPS) is 12.1. The van der Waals surface area contributed by atoms with Crippen molar-refractivity contribution in [1.29, 1.82) is 0 Å². The van der Waals surface area contributed by atoms with Gasteiger partial charge in [-0.2, -0.15) is 0 Å². The Balaban J connectivity index is 2.28. The summed E-state index contributed by atoms with van der Waals surface area (Å²) in [5.74, 6) is 0. The van der Waals surface area contributed by atoms with E-state index in [1.165, 1.54) is 36.4 Å². The highest BCUT2D eigenvalue weighted by Gasteiger charge is 2.20. The van der Waals surface area contributed by atoms with E-state index in [2.05, 4.69) is 14.4 Å². The van der Waals surface area contributed by atoms with E-state index in [4.69, 9.17) is 23.2 Å². The maximum absolute atomic E-state index is 12.3. The van der Waals surface area contributed by atoms with Crippen LogP contribution < -0.4 is 9.44 Å². The van der Waals surface area contributed by atoms with E-state index in [0.29, 0.717) is 0 Å². The summed E-state index contributed by atoms with van der Waals surface area (Å²) in [5, 5.41) is -0.196. The third-order valence-electron chi connectivity index (χ3n) is 2.82. The summed E-state index contributed by atoms with van der Waals surface area (Å²) in [7, 11) is -7.59. The Morgan fingerprint density at radius 1 is 0.958 bits per heavy atom. The molecule has 0 bridgehead atoms. The third kappa shape index (κ3) is 4.37. The molecule has 0 radical (unpaired) electrons. The van der Waals surface area contributed by atoms with Crippen LogP contribution in [0.25, 0.3) is 0 Å². The van der Waals surface area contributed by atoms with Crippen molar-refractivity contribution in [1.82, 2.24) is 9.71 Å². The maximum atomic E-state index is 12.3. The average Bonchev–Trinajstić information content (AvgIpc) is 2.46. The number of aromatic nitrogens is 1. The largest absolute Gasteiger partial charge is 0.280 e. The first-order valence-corrected chi connectivity index (χ1v) is 10.3. The topological polar surface area (TPSA) is 105 Å². The molecule has 24 heavy (non-hydrogen) atoms. The summed E-state index contributed by atoms with van der Waals surface area (Å²) in [6.07, 6.45) is 0. The monoisotopic (exact) mass is 409 g/mol. The quantitative estimate of drug-likeness (QED) is 0.712. The molecule has 0 atom stereocenters. The zero-order valence-corrected chi connectivity index (χ0v) is 15.5. The van der Waals surface area contributed by atoms with E-state index in [1.54, 1.807) is 6.92 Å². The summed E-state index contributed by atoms with van der Waals surface area (Å²) in [6, 6.07) is 7.77. The lowest BCUT2D eigenvalue weighted by Crippen LogP contribution is -2.23. The van der Waals surface area contributed by atoms with Gasteiger partial charge in [-0.25, -0.2) is 26.5 Å². The van der Waals surface area contributed by atoms with Crippen molar-refractivity contribution in [2.24, 2.45) is 0 Å². The number of pyridine rings is 1. The van der Waals surface area contributed by atoms with Gasteiger partial charge in [-0.1, -0.05) is 30.1 Å². The Labute approximate surface area is 150 Å². The molecular formula is C13H13Cl2N3O4S2. The van der Waals surface area contributed by atoms with Gasteiger partial charge in [0, 0.05) is 12.2 Å². The molecular weight excluding hydrogens is 397 g/mol. The Hall–Kier alpha value is -1.39. The van der Waals surface area contributed by atoms with E-state index in [0.717, 1.165) is 0 Å². The van der Waals surface area contributed by atoms with Crippen LogP contribution in [-0.4, -0.2) is 28.4 Å². The highest BCUT2D eigenvalue weighted by molar-refractivity contribution is 7.92. The Morgan fingerprint density at radius 3 is 2.12 bits per heavy atom. The highest BCUT2D eigenvalue weighted by atomic mass is 35.5. The van der Waals surface area contributed by atoms with Gasteiger partial charge in [0.1, 0.15) is 10.0 Å². The molecule has 7 nitrogen and oxygen atoms in total. The van der Waals surface area contributed by atoms with Gasteiger partial charge < -0.3 is 0 Å². The lowest BCUT2D eigenvalue weighted by atomic mass is 10.3. The number of halogens is 2. The van der Waals surface area contributed by atoms with Gasteiger partial charge >= 0.3 is 0 Å². The Morgan fingerprint density at radius 2 is 1.58 bits per heavy atom. The van der Waals surface area contributed by atoms with Gasteiger partial charge in [0.05, 0.1) is 4.90 Å². The van der Waals surface area contributed by atoms with Crippen LogP contribution in [0.3, 0.4) is 0 Å². The van der Waals surface area contributed by atoms with Gasteiger partial charge in [0.15, 0.2) is 5.15 Å². The molecule has 0 spiro atoms. The third-order valence-corrected chi connectivity index (χ3v) is 6.41. The van der Waals surface area contributed by atoms with E-state index in [1.807, 2.05) is 0 Å². The van der Waals surface area contributed by atoms with Crippen molar-refractivity contribution in [2.45, 2.75) is 16.7 Å². The molecule has 0 aliphatic heterocycles. The van der Waals surface area contributed by atoms with E-state index in [9.17, 15) is 16.8 Å². The molecule has 11 heteroatoms. The minimum atomic E-state index is -3.99. The van der Waals surface area contributed by atoms with Crippen molar-refractivity contribution in [3.63, 3.8) is 0 Å². The number of rotatable bonds is 6. The van der Waals surface area contributed by atoms with Crippen LogP contribution in [0.1, 0.15) is 6.92 Å². The summed E-state index contributed by atoms with van der Waals surface area (Å²) >= 11 is 11.4. The first kappa shape index (κ1) is 18.9. The number of sulfonamides is 2. The van der Waals surface area contributed by atoms with Crippen molar-refractivity contribution >= 4 is 48.9 Å². The molecule has 2 aromatic rings. The predicted molar refractivity (Wildman–Crippen MR) is 92.4 cm³/mol. The molecule has 130 valence electrons. The van der Waals surface area contributed by atoms with Crippen LogP contribution in [0.4, 0.5) is 5.69 Å². The summed E-state index contributed by atoms with van der Waals surface area (Å²) in [5.41, 5.74) is 0.177. The summed E-state index contributed by atoms with van der Waals surface area (Å²) in [4.78, 5) is 3.46. The van der Waals surface area contributed by atoms with E-state index >= 15 is 0 Å². The van der Waals surface area contributed by atoms with Gasteiger partial charge in [-0.3, -0.25) is 4.72 Å². The van der Waals surface area contributed by atoms with Crippen molar-refractivity contribution in [3.05, 3.63) is 46.7 Å². The smallest absolute Gasteiger partial charge is 0.264 e. The van der Waals surface area contributed by atoms with Gasteiger partial charge in [-0.15, -0.1) is 0 Å². The maximum Gasteiger partial charge on any atom is 0.264 e. The number of hydrogen-bond acceptors (Lipinski definition) is 5. The van der Waals surface area contributed by atoms with Crippen LogP contribution in [-0.2, 0) is 20.0 Å². The first-order chi connectivity index (χ1) is 11.2. The molecule has 0 fully saturated rings. The molecule has 0 saturated heterocycles. The second kappa shape index (κ2) is 7.24. The van der Waals surface area contributed by atoms with Gasteiger partial charge in [0.2, 0.25) is 10.0 Å². The van der Waals surface area contributed by atoms with E-state index in [-0.39, 0.29) is 32.3 Å². The summed E-state index contributed by atoms with van der Waals surface area (Å²) in [6.45, 7) is 1.91. The number of benzene rings is 1. The first-order valence-electron chi connectivity index (χ1n) is 6.60. The number of hydrogen-bond donors (Lipinski definition) is 2. The molecule has 0 amide bonds. The van der Waals surface area contributed by atoms with E-state index < -0.39 is 20.0 Å². The van der Waals surface area contributed by atoms with Gasteiger partial charge in [-0.05, 0) is 36.4 Å². The Kier molecular flexibility index (Phi) is 5.71. The van der Waals surface area contributed by atoms with Crippen molar-refractivity contribution < 1.29 is 16.8 Å². The average molecular weight is 410 g/mol. The van der Waals surface area contributed by atoms with Gasteiger partial charge in [0.25, 0.3) is 10.0 Å². The molecule has 0 aliphatic carbocycles. The predicted octanol–water partition coefficient (Wildman–Crippen LogP) is 2.49. The lowest BCUT2D eigenvalue weighted by molar-refractivity contribution is 0.584. The molecule has 2 rings (SSSR count). The van der Waals surface area contributed by atoms with Crippen LogP contribution in [0.5, 0.6) is 0 Å². The Bertz CT molecular complexity index is 946. The fraction of sp³-hybridized carbons (Fsp3) is 0.154. The number of nitrogens with one attached hydrogen (secondary N) is 2. The standard InChI is InChI=1S/C13H13Cl2N3O4S2/c1-2-16-23(19,20)10-5-3-9(4-6-10)18-24(21,22)11-7-8-12(14)17-13(11)15/h3-8,16,18H,2H2,1H3. The molecule has 0 unspecified atom stereocenters. The van der Waals surface area contributed by atoms with Crippen LogP contribution >= 0.6 is 23.2 Å². The fourth-order valence-electron chi connectivity index (χ4n) is 1.79. The molecule has 0 saturated carbocycles. The molecule has 1 heterocycles. The highest BCUT2D eigenvalue weighted by Crippen LogP contribution is 2.24. The lowest BCUT2D eigenvalue weighted by Gasteiger charge is -2.10. The zero-order chi connectivity index (χ0) is 18.0. The number of anilines is 1. The SMILES string of the molecule is CCNS(=O)(=O)c1ccc(NS(=O)(=O)c2ccc(Cl)nc2Cl)cc1. The fourth-order valence-corrected chi connectivity index (χ4v) is 4.55. The minimum Gasteiger partial charge on any atom is -0.280 e. The molecule has 0 aliphatic rings. The van der Waals surface area contributed by atoms with Crippen molar-refractivity contribution in [2.75, 3.05) is 11.3 Å². The summed E-state index contributed by atoms with van der Waals surface area (Å²) < 4.78 is 52.9. The number of nitrogens with zero attached hydrogens (tertiary/aromatic N) is 1. The van der Waals surface area contributed by atoms with Crippen LogP contribution in [0, 0.1) is 0 Å². The van der Waals surface area contributed by atoms with Crippen LogP contribution in [0.15, 0.2) is 46.2 Å². The second-order valence-corrected chi connectivity index (χ2v) is 8.72. The second-order valence-electron chi connectivity index (χ2n) is 4.55. The minimum absolute atomic E-state index is 0.0264.